The maximum absolute atomic E-state index is 11.7. The summed E-state index contributed by atoms with van der Waals surface area (Å²) in [6, 6.07) is 7.81. The van der Waals surface area contributed by atoms with Gasteiger partial charge in [0.1, 0.15) is 5.41 Å². The fraction of sp³-hybridized carbons (Fsp3) is 0.471. The Morgan fingerprint density at radius 2 is 2.13 bits per heavy atom. The lowest BCUT2D eigenvalue weighted by Crippen LogP contribution is -2.39. The van der Waals surface area contributed by atoms with Gasteiger partial charge in [0.25, 0.3) is 0 Å². The van der Waals surface area contributed by atoms with Crippen molar-refractivity contribution in [3.8, 4) is 0 Å². The van der Waals surface area contributed by atoms with E-state index in [1.807, 2.05) is 31.2 Å². The molecule has 0 radical (unpaired) electrons. The summed E-state index contributed by atoms with van der Waals surface area (Å²) >= 11 is 0. The second-order valence-electron chi connectivity index (χ2n) is 6.59. The molecule has 0 aliphatic carbocycles. The average Bonchev–Trinajstić information content (AvgIpc) is 3.06. The van der Waals surface area contributed by atoms with Crippen LogP contribution in [0.15, 0.2) is 24.3 Å². The molecule has 1 N–H and O–H groups in total. The number of aromatic nitrogens is 2. The predicted octanol–water partition coefficient (Wildman–Crippen LogP) is 1.47. The molecule has 2 aromatic rings. The van der Waals surface area contributed by atoms with Gasteiger partial charge >= 0.3 is 5.97 Å². The van der Waals surface area contributed by atoms with Crippen LogP contribution in [-0.2, 0) is 16.1 Å². The minimum Gasteiger partial charge on any atom is -0.481 e. The van der Waals surface area contributed by atoms with Gasteiger partial charge < -0.3 is 9.84 Å². The first kappa shape index (κ1) is 14.5. The first-order chi connectivity index (χ1) is 11.1. The highest BCUT2D eigenvalue weighted by molar-refractivity contribution is 5.76. The van der Waals surface area contributed by atoms with Gasteiger partial charge in [0, 0.05) is 25.6 Å². The van der Waals surface area contributed by atoms with Crippen molar-refractivity contribution in [2.45, 2.75) is 13.5 Å². The van der Waals surface area contributed by atoms with E-state index < -0.39 is 11.4 Å². The number of rotatable bonds is 3. The van der Waals surface area contributed by atoms with Crippen LogP contribution < -0.4 is 0 Å². The second kappa shape index (κ2) is 5.25. The molecule has 0 spiro atoms. The number of aliphatic carboxylic acids is 1. The Hall–Kier alpha value is -2.05. The van der Waals surface area contributed by atoms with Crippen LogP contribution in [0.2, 0.25) is 0 Å². The summed E-state index contributed by atoms with van der Waals surface area (Å²) in [6.07, 6.45) is 0. The lowest BCUT2D eigenvalue weighted by atomic mass is 9.81. The van der Waals surface area contributed by atoms with Gasteiger partial charge in [-0.2, -0.15) is 0 Å². The third-order valence-corrected chi connectivity index (χ3v) is 5.09. The number of likely N-dealkylation sites (tertiary alicyclic amines) is 1. The molecule has 2 fully saturated rings. The number of fused-ring (bicyclic) bond motifs is 2. The van der Waals surface area contributed by atoms with E-state index in [0.29, 0.717) is 26.3 Å². The molecule has 1 aromatic carbocycles. The van der Waals surface area contributed by atoms with E-state index in [9.17, 15) is 9.90 Å². The largest absolute Gasteiger partial charge is 0.481 e. The van der Waals surface area contributed by atoms with Crippen molar-refractivity contribution in [3.05, 3.63) is 35.7 Å². The molecule has 0 unspecified atom stereocenters. The number of hydrogen-bond acceptors (Lipinski definition) is 5. The highest BCUT2D eigenvalue weighted by Gasteiger charge is 2.56. The SMILES string of the molecule is Cc1nc2ccccc2nc1CN1C[C@@H]2COC[C@]2(C(=O)O)C1. The van der Waals surface area contributed by atoms with E-state index in [4.69, 9.17) is 9.72 Å². The van der Waals surface area contributed by atoms with Crippen LogP contribution in [0, 0.1) is 18.3 Å². The summed E-state index contributed by atoms with van der Waals surface area (Å²) in [5.41, 5.74) is 2.84. The molecule has 0 bridgehead atoms. The minimum absolute atomic E-state index is 0.0636. The molecular formula is C17H19N3O3. The minimum atomic E-state index is -0.752. The maximum atomic E-state index is 11.7. The number of aryl methyl sites for hydroxylation is 1. The lowest BCUT2D eigenvalue weighted by Gasteiger charge is -2.22. The van der Waals surface area contributed by atoms with Crippen LogP contribution in [0.4, 0.5) is 0 Å². The second-order valence-corrected chi connectivity index (χ2v) is 6.59. The molecule has 4 rings (SSSR count). The molecular weight excluding hydrogens is 294 g/mol. The number of carboxylic acids is 1. The van der Waals surface area contributed by atoms with E-state index in [1.165, 1.54) is 0 Å². The van der Waals surface area contributed by atoms with Crippen LogP contribution >= 0.6 is 0 Å². The molecule has 2 aliphatic heterocycles. The molecule has 2 aliphatic rings. The summed E-state index contributed by atoms with van der Waals surface area (Å²) < 4.78 is 5.42. The van der Waals surface area contributed by atoms with Crippen molar-refractivity contribution in [2.24, 2.45) is 11.3 Å². The average molecular weight is 313 g/mol. The number of benzene rings is 1. The Morgan fingerprint density at radius 1 is 1.39 bits per heavy atom. The molecule has 6 heteroatoms. The summed E-state index contributed by atoms with van der Waals surface area (Å²) in [7, 11) is 0. The van der Waals surface area contributed by atoms with Crippen molar-refractivity contribution >= 4 is 17.0 Å². The van der Waals surface area contributed by atoms with Gasteiger partial charge in [-0.05, 0) is 19.1 Å². The van der Waals surface area contributed by atoms with Crippen LogP contribution in [-0.4, -0.2) is 52.2 Å². The number of hydrogen-bond donors (Lipinski definition) is 1. The van der Waals surface area contributed by atoms with Crippen molar-refractivity contribution < 1.29 is 14.6 Å². The Bertz CT molecular complexity index is 779. The van der Waals surface area contributed by atoms with E-state index in [-0.39, 0.29) is 5.92 Å². The van der Waals surface area contributed by atoms with Crippen molar-refractivity contribution in [1.82, 2.24) is 14.9 Å². The zero-order valence-electron chi connectivity index (χ0n) is 13.0. The van der Waals surface area contributed by atoms with Gasteiger partial charge in [-0.3, -0.25) is 9.69 Å². The topological polar surface area (TPSA) is 75.5 Å². The third kappa shape index (κ3) is 2.29. The molecule has 3 heterocycles. The fourth-order valence-corrected chi connectivity index (χ4v) is 3.75. The number of ether oxygens (including phenoxy) is 1. The quantitative estimate of drug-likeness (QED) is 0.925. The first-order valence-electron chi connectivity index (χ1n) is 7.84. The first-order valence-corrected chi connectivity index (χ1v) is 7.84. The predicted molar refractivity (Wildman–Crippen MR) is 83.9 cm³/mol. The fourth-order valence-electron chi connectivity index (χ4n) is 3.75. The van der Waals surface area contributed by atoms with E-state index in [0.717, 1.165) is 29.0 Å². The molecule has 2 saturated heterocycles. The zero-order valence-corrected chi connectivity index (χ0v) is 13.0. The highest BCUT2D eigenvalue weighted by Crippen LogP contribution is 2.42. The Morgan fingerprint density at radius 3 is 2.83 bits per heavy atom. The highest BCUT2D eigenvalue weighted by atomic mass is 16.5. The van der Waals surface area contributed by atoms with E-state index >= 15 is 0 Å². The molecule has 6 nitrogen and oxygen atoms in total. The van der Waals surface area contributed by atoms with Gasteiger partial charge in [0.15, 0.2) is 0 Å². The van der Waals surface area contributed by atoms with E-state index in [2.05, 4.69) is 9.88 Å². The zero-order chi connectivity index (χ0) is 16.0. The summed E-state index contributed by atoms with van der Waals surface area (Å²) in [5.74, 6) is -0.683. The molecule has 2 atom stereocenters. The molecule has 0 saturated carbocycles. The standard InChI is InChI=1S/C17H19N3O3/c1-11-15(19-14-5-3-2-4-13(14)18-11)7-20-6-12-8-23-10-17(12,9-20)16(21)22/h2-5,12H,6-10H2,1H3,(H,21,22)/t12-,17-/m1/s1. The number of nitrogens with zero attached hydrogens (tertiary/aromatic N) is 3. The number of carbonyl (C=O) groups is 1. The number of para-hydroxylation sites is 2. The Labute approximate surface area is 134 Å². The van der Waals surface area contributed by atoms with Crippen LogP contribution in [0.25, 0.3) is 11.0 Å². The smallest absolute Gasteiger partial charge is 0.313 e. The van der Waals surface area contributed by atoms with E-state index in [1.54, 1.807) is 0 Å². The van der Waals surface area contributed by atoms with Gasteiger partial charge in [-0.25, -0.2) is 9.97 Å². The monoisotopic (exact) mass is 313 g/mol. The summed E-state index contributed by atoms with van der Waals surface area (Å²) in [5, 5.41) is 9.62. The van der Waals surface area contributed by atoms with Crippen molar-refractivity contribution in [1.29, 1.82) is 0 Å². The van der Waals surface area contributed by atoms with Crippen molar-refractivity contribution in [3.63, 3.8) is 0 Å². The maximum Gasteiger partial charge on any atom is 0.313 e. The Balaban J connectivity index is 1.60. The van der Waals surface area contributed by atoms with Crippen LogP contribution in [0.5, 0.6) is 0 Å². The molecule has 23 heavy (non-hydrogen) atoms. The number of carboxylic acid groups (broad SMARTS) is 1. The molecule has 1 aromatic heterocycles. The van der Waals surface area contributed by atoms with Gasteiger partial charge in [-0.15, -0.1) is 0 Å². The van der Waals surface area contributed by atoms with Gasteiger partial charge in [-0.1, -0.05) is 12.1 Å². The molecule has 0 amide bonds. The van der Waals surface area contributed by atoms with Gasteiger partial charge in [0.2, 0.25) is 0 Å². The normalized spacial score (nSPS) is 27.4. The molecule has 120 valence electrons. The van der Waals surface area contributed by atoms with Crippen LogP contribution in [0.1, 0.15) is 11.4 Å². The van der Waals surface area contributed by atoms with Gasteiger partial charge in [0.05, 0.1) is 35.6 Å². The summed E-state index contributed by atoms with van der Waals surface area (Å²) in [4.78, 5) is 23.2. The lowest BCUT2D eigenvalue weighted by molar-refractivity contribution is -0.149. The third-order valence-electron chi connectivity index (χ3n) is 5.09. The van der Waals surface area contributed by atoms with Crippen molar-refractivity contribution in [2.75, 3.05) is 26.3 Å². The Kier molecular flexibility index (Phi) is 3.32. The van der Waals surface area contributed by atoms with Crippen LogP contribution in [0.3, 0.4) is 0 Å². The summed E-state index contributed by atoms with van der Waals surface area (Å²) in [6.45, 7) is 4.69.